The second kappa shape index (κ2) is 6.80. The number of rotatable bonds is 5. The van der Waals surface area contributed by atoms with Crippen LogP contribution in [0.1, 0.15) is 25.2 Å². The number of anilines is 1. The molecule has 0 radical (unpaired) electrons. The molecule has 130 valence electrons. The maximum atomic E-state index is 12.2. The van der Waals surface area contributed by atoms with Gasteiger partial charge in [-0.3, -0.25) is 4.79 Å². The molecule has 0 fully saturated rings. The lowest BCUT2D eigenvalue weighted by Crippen LogP contribution is -2.30. The molecule has 3 rings (SSSR count). The minimum absolute atomic E-state index is 0.329. The Morgan fingerprint density at radius 3 is 2.80 bits per heavy atom. The molecule has 0 aliphatic heterocycles. The fourth-order valence-electron chi connectivity index (χ4n) is 2.49. The van der Waals surface area contributed by atoms with Crippen molar-refractivity contribution in [3.63, 3.8) is 0 Å². The van der Waals surface area contributed by atoms with E-state index in [4.69, 9.17) is 13.7 Å². The third-order valence-electron chi connectivity index (χ3n) is 3.74. The lowest BCUT2D eigenvalue weighted by Gasteiger charge is -2.14. The predicted octanol–water partition coefficient (Wildman–Crippen LogP) is 3.06. The molecule has 0 spiro atoms. The van der Waals surface area contributed by atoms with Crippen LogP contribution in [0.3, 0.4) is 0 Å². The number of amides is 1. The van der Waals surface area contributed by atoms with Crippen molar-refractivity contribution in [2.75, 3.05) is 5.32 Å². The van der Waals surface area contributed by atoms with E-state index in [9.17, 15) is 9.59 Å². The van der Waals surface area contributed by atoms with Crippen molar-refractivity contribution in [3.05, 3.63) is 52.1 Å². The monoisotopic (exact) mass is 342 g/mol. The lowest BCUT2D eigenvalue weighted by molar-refractivity contribution is -0.122. The maximum Gasteiger partial charge on any atom is 0.336 e. The largest absolute Gasteiger partial charge is 0.481 e. The second-order valence-corrected chi connectivity index (χ2v) is 5.67. The first kappa shape index (κ1) is 16.8. The Morgan fingerprint density at radius 1 is 1.32 bits per heavy atom. The summed E-state index contributed by atoms with van der Waals surface area (Å²) in [6, 6.07) is 8.27. The van der Waals surface area contributed by atoms with Gasteiger partial charge in [-0.1, -0.05) is 12.1 Å². The van der Waals surface area contributed by atoms with Gasteiger partial charge in [0, 0.05) is 23.6 Å². The molecule has 2 heterocycles. The molecular weight excluding hydrogens is 324 g/mol. The molecule has 0 aliphatic rings. The van der Waals surface area contributed by atoms with E-state index in [0.29, 0.717) is 22.9 Å². The number of aryl methyl sites for hydroxylation is 2. The first-order valence-corrected chi connectivity index (χ1v) is 7.94. The van der Waals surface area contributed by atoms with Crippen molar-refractivity contribution >= 4 is 22.7 Å². The van der Waals surface area contributed by atoms with Crippen molar-refractivity contribution in [2.24, 2.45) is 0 Å². The van der Waals surface area contributed by atoms with Crippen LogP contribution in [0.15, 0.2) is 44.1 Å². The first-order valence-electron chi connectivity index (χ1n) is 7.94. The number of carbonyl (C=O) groups is 1. The number of hydrogen-bond donors (Lipinski definition) is 1. The lowest BCUT2D eigenvalue weighted by atomic mass is 10.1. The molecule has 0 saturated heterocycles. The molecule has 2 aromatic heterocycles. The standard InChI is InChI=1S/C18H18N2O5/c1-4-12-8-17(21)24-15-9-13(5-6-14(12)15)23-11(3)18(22)19-16-7-10(2)25-20-16/h5-9,11H,4H2,1-3H3,(H,19,20,22). The quantitative estimate of drug-likeness (QED) is 0.716. The molecule has 7 heteroatoms. The summed E-state index contributed by atoms with van der Waals surface area (Å²) >= 11 is 0. The van der Waals surface area contributed by atoms with E-state index in [1.807, 2.05) is 13.0 Å². The van der Waals surface area contributed by atoms with Crippen LogP contribution in [-0.4, -0.2) is 17.2 Å². The normalized spacial score (nSPS) is 12.1. The van der Waals surface area contributed by atoms with E-state index in [-0.39, 0.29) is 5.91 Å². The molecule has 0 saturated carbocycles. The van der Waals surface area contributed by atoms with Crippen LogP contribution in [0.25, 0.3) is 11.0 Å². The van der Waals surface area contributed by atoms with Gasteiger partial charge in [0.2, 0.25) is 0 Å². The Morgan fingerprint density at radius 2 is 2.12 bits per heavy atom. The number of nitrogens with zero attached hydrogens (tertiary/aromatic N) is 1. The van der Waals surface area contributed by atoms with Crippen LogP contribution < -0.4 is 15.7 Å². The van der Waals surface area contributed by atoms with E-state index in [1.54, 1.807) is 32.0 Å². The van der Waals surface area contributed by atoms with E-state index in [1.165, 1.54) is 6.07 Å². The number of carbonyl (C=O) groups excluding carboxylic acids is 1. The van der Waals surface area contributed by atoms with E-state index in [2.05, 4.69) is 10.5 Å². The molecular formula is C18H18N2O5. The fourth-order valence-corrected chi connectivity index (χ4v) is 2.49. The first-order chi connectivity index (χ1) is 12.0. The molecule has 0 aliphatic carbocycles. The summed E-state index contributed by atoms with van der Waals surface area (Å²) in [7, 11) is 0. The second-order valence-electron chi connectivity index (χ2n) is 5.67. The minimum atomic E-state index is -0.768. The van der Waals surface area contributed by atoms with Gasteiger partial charge in [0.25, 0.3) is 5.91 Å². The SMILES string of the molecule is CCc1cc(=O)oc2cc(OC(C)C(=O)Nc3cc(C)on3)ccc12. The zero-order chi connectivity index (χ0) is 18.0. The summed E-state index contributed by atoms with van der Waals surface area (Å²) in [4.78, 5) is 23.8. The summed E-state index contributed by atoms with van der Waals surface area (Å²) in [5, 5.41) is 7.16. The summed E-state index contributed by atoms with van der Waals surface area (Å²) < 4.78 is 15.8. The fraction of sp³-hybridized carbons (Fsp3) is 0.278. The van der Waals surface area contributed by atoms with Gasteiger partial charge >= 0.3 is 5.63 Å². The van der Waals surface area contributed by atoms with E-state index in [0.717, 1.165) is 17.4 Å². The van der Waals surface area contributed by atoms with Gasteiger partial charge in [-0.2, -0.15) is 0 Å². The molecule has 1 aromatic carbocycles. The van der Waals surface area contributed by atoms with Crippen LogP contribution in [0, 0.1) is 6.92 Å². The number of benzene rings is 1. The molecule has 1 unspecified atom stereocenters. The topological polar surface area (TPSA) is 94.6 Å². The van der Waals surface area contributed by atoms with Gasteiger partial charge in [0.1, 0.15) is 17.1 Å². The Hall–Kier alpha value is -3.09. The molecule has 25 heavy (non-hydrogen) atoms. The summed E-state index contributed by atoms with van der Waals surface area (Å²) in [5.74, 6) is 0.996. The number of hydrogen-bond acceptors (Lipinski definition) is 6. The highest BCUT2D eigenvalue weighted by Crippen LogP contribution is 2.24. The van der Waals surface area contributed by atoms with Crippen LogP contribution in [-0.2, 0) is 11.2 Å². The van der Waals surface area contributed by atoms with Gasteiger partial charge in [0.15, 0.2) is 11.9 Å². The highest BCUT2D eigenvalue weighted by Gasteiger charge is 2.17. The van der Waals surface area contributed by atoms with Crippen molar-refractivity contribution in [1.29, 1.82) is 0 Å². The number of aromatic nitrogens is 1. The molecule has 1 atom stereocenters. The molecule has 1 N–H and O–H groups in total. The van der Waals surface area contributed by atoms with Crippen molar-refractivity contribution in [1.82, 2.24) is 5.16 Å². The summed E-state index contributed by atoms with van der Waals surface area (Å²) in [5.41, 5.74) is 0.931. The molecule has 0 bridgehead atoms. The summed E-state index contributed by atoms with van der Waals surface area (Å²) in [6.45, 7) is 5.32. The summed E-state index contributed by atoms with van der Waals surface area (Å²) in [6.07, 6.45) is -0.0476. The Bertz CT molecular complexity index is 973. The van der Waals surface area contributed by atoms with Gasteiger partial charge in [-0.25, -0.2) is 4.79 Å². The van der Waals surface area contributed by atoms with E-state index < -0.39 is 11.7 Å². The third-order valence-corrected chi connectivity index (χ3v) is 3.74. The van der Waals surface area contributed by atoms with Gasteiger partial charge in [0.05, 0.1) is 0 Å². The van der Waals surface area contributed by atoms with Crippen LogP contribution in [0.4, 0.5) is 5.82 Å². The van der Waals surface area contributed by atoms with Crippen LogP contribution >= 0.6 is 0 Å². The predicted molar refractivity (Wildman–Crippen MR) is 91.8 cm³/mol. The van der Waals surface area contributed by atoms with Crippen molar-refractivity contribution < 1.29 is 18.5 Å². The van der Waals surface area contributed by atoms with E-state index >= 15 is 0 Å². The van der Waals surface area contributed by atoms with Crippen molar-refractivity contribution in [3.8, 4) is 5.75 Å². The molecule has 3 aromatic rings. The number of fused-ring (bicyclic) bond motifs is 1. The number of ether oxygens (including phenoxy) is 1. The zero-order valence-electron chi connectivity index (χ0n) is 14.2. The average Bonchev–Trinajstić information content (AvgIpc) is 2.98. The van der Waals surface area contributed by atoms with Crippen LogP contribution in [0.2, 0.25) is 0 Å². The Labute approximate surface area is 143 Å². The average molecular weight is 342 g/mol. The highest BCUT2D eigenvalue weighted by molar-refractivity contribution is 5.93. The third kappa shape index (κ3) is 3.71. The van der Waals surface area contributed by atoms with Crippen molar-refractivity contribution in [2.45, 2.75) is 33.3 Å². The van der Waals surface area contributed by atoms with Crippen LogP contribution in [0.5, 0.6) is 5.75 Å². The smallest absolute Gasteiger partial charge is 0.336 e. The highest BCUT2D eigenvalue weighted by atomic mass is 16.5. The minimum Gasteiger partial charge on any atom is -0.481 e. The molecule has 7 nitrogen and oxygen atoms in total. The maximum absolute atomic E-state index is 12.2. The van der Waals surface area contributed by atoms with Gasteiger partial charge < -0.3 is 19.0 Å². The van der Waals surface area contributed by atoms with Gasteiger partial charge in [-0.05, 0) is 38.0 Å². The molecule has 1 amide bonds. The van der Waals surface area contributed by atoms with Gasteiger partial charge in [-0.15, -0.1) is 0 Å². The Kier molecular flexibility index (Phi) is 4.56. The number of nitrogens with one attached hydrogen (secondary N) is 1. The Balaban J connectivity index is 1.77. The zero-order valence-corrected chi connectivity index (χ0v) is 14.2.